The first-order valence-corrected chi connectivity index (χ1v) is 10.1. The Balaban J connectivity index is 1.26. The molecule has 150 valence electrons. The third kappa shape index (κ3) is 4.87. The van der Waals surface area contributed by atoms with Crippen LogP contribution in [0.3, 0.4) is 0 Å². The molecule has 3 fully saturated rings. The fourth-order valence-corrected chi connectivity index (χ4v) is 3.88. The summed E-state index contributed by atoms with van der Waals surface area (Å²) >= 11 is 0. The summed E-state index contributed by atoms with van der Waals surface area (Å²) in [6, 6.07) is 0.580. The lowest BCUT2D eigenvalue weighted by molar-refractivity contribution is -0.0468. The van der Waals surface area contributed by atoms with Crippen molar-refractivity contribution in [3.05, 3.63) is 17.8 Å². The summed E-state index contributed by atoms with van der Waals surface area (Å²) in [5.74, 6) is 0.465. The van der Waals surface area contributed by atoms with Crippen LogP contribution in [0.5, 0.6) is 0 Å². The predicted molar refractivity (Wildman–Crippen MR) is 100 cm³/mol. The minimum atomic E-state index is -0.699. The molecule has 8 nitrogen and oxygen atoms in total. The van der Waals surface area contributed by atoms with Crippen LogP contribution in [0.15, 0.2) is 10.7 Å². The SMILES string of the molecule is CN1CCN(CC2(O)CCN(C(=O)c3coc(CNC4CC4)n3)CC2)CC1. The first kappa shape index (κ1) is 18.9. The number of hydrogen-bond donors (Lipinski definition) is 2. The summed E-state index contributed by atoms with van der Waals surface area (Å²) in [4.78, 5) is 23.5. The molecule has 1 aromatic heterocycles. The van der Waals surface area contributed by atoms with Crippen molar-refractivity contribution in [1.82, 2.24) is 25.0 Å². The molecule has 1 saturated carbocycles. The number of aliphatic hydroxyl groups is 1. The maximum atomic E-state index is 12.7. The van der Waals surface area contributed by atoms with Gasteiger partial charge in [0.25, 0.3) is 5.91 Å². The Kier molecular flexibility index (Phi) is 5.50. The summed E-state index contributed by atoms with van der Waals surface area (Å²) in [5.41, 5.74) is -0.331. The lowest BCUT2D eigenvalue weighted by Gasteiger charge is -2.42. The molecule has 0 bridgehead atoms. The molecule has 0 spiro atoms. The molecule has 1 aliphatic carbocycles. The first-order chi connectivity index (χ1) is 13.0. The number of likely N-dealkylation sites (tertiary alicyclic amines) is 1. The molecule has 8 heteroatoms. The topological polar surface area (TPSA) is 85.1 Å². The number of β-amino-alcohol motifs (C(OH)–C–C–N with tert-alkyl or cyclic N) is 1. The number of piperazine rings is 1. The summed E-state index contributed by atoms with van der Waals surface area (Å²) in [6.07, 6.45) is 5.09. The van der Waals surface area contributed by atoms with Crippen LogP contribution >= 0.6 is 0 Å². The molecule has 3 aliphatic rings. The first-order valence-electron chi connectivity index (χ1n) is 10.1. The fourth-order valence-electron chi connectivity index (χ4n) is 3.88. The molecule has 2 N–H and O–H groups in total. The number of rotatable bonds is 6. The monoisotopic (exact) mass is 377 g/mol. The van der Waals surface area contributed by atoms with E-state index in [9.17, 15) is 9.90 Å². The van der Waals surface area contributed by atoms with Gasteiger partial charge in [0.05, 0.1) is 12.1 Å². The number of amides is 1. The van der Waals surface area contributed by atoms with Gasteiger partial charge in [-0.3, -0.25) is 9.69 Å². The van der Waals surface area contributed by atoms with Crippen molar-refractivity contribution >= 4 is 5.91 Å². The maximum Gasteiger partial charge on any atom is 0.275 e. The van der Waals surface area contributed by atoms with Crippen LogP contribution < -0.4 is 5.32 Å². The van der Waals surface area contributed by atoms with Gasteiger partial charge in [0.1, 0.15) is 6.26 Å². The van der Waals surface area contributed by atoms with E-state index >= 15 is 0 Å². The van der Waals surface area contributed by atoms with Crippen LogP contribution in [0.2, 0.25) is 0 Å². The van der Waals surface area contributed by atoms with Crippen molar-refractivity contribution in [2.24, 2.45) is 0 Å². The van der Waals surface area contributed by atoms with Crippen molar-refractivity contribution in [1.29, 1.82) is 0 Å². The zero-order chi connectivity index (χ0) is 18.9. The van der Waals surface area contributed by atoms with Crippen molar-refractivity contribution < 1.29 is 14.3 Å². The van der Waals surface area contributed by atoms with Gasteiger partial charge in [-0.25, -0.2) is 4.98 Å². The number of hydrogen-bond acceptors (Lipinski definition) is 7. The zero-order valence-electron chi connectivity index (χ0n) is 16.2. The highest BCUT2D eigenvalue weighted by Crippen LogP contribution is 2.25. The van der Waals surface area contributed by atoms with E-state index in [4.69, 9.17) is 4.42 Å². The van der Waals surface area contributed by atoms with Gasteiger partial charge in [-0.15, -0.1) is 0 Å². The summed E-state index contributed by atoms with van der Waals surface area (Å²) in [5, 5.41) is 14.3. The lowest BCUT2D eigenvalue weighted by atomic mass is 9.90. The minimum absolute atomic E-state index is 0.0990. The standard InChI is InChI=1S/C19H31N5O3/c1-22-8-10-23(11-9-22)14-19(26)4-6-24(7-5-19)18(25)16-13-27-17(21-16)12-20-15-2-3-15/h13,15,20,26H,2-12,14H2,1H3. The highest BCUT2D eigenvalue weighted by atomic mass is 16.3. The third-order valence-electron chi connectivity index (χ3n) is 5.99. The summed E-state index contributed by atoms with van der Waals surface area (Å²) in [6.45, 7) is 6.48. The van der Waals surface area contributed by atoms with Crippen molar-refractivity contribution in [3.8, 4) is 0 Å². The number of carbonyl (C=O) groups is 1. The molecule has 4 rings (SSSR count). The van der Waals surface area contributed by atoms with Gasteiger partial charge in [-0.05, 0) is 32.7 Å². The number of aromatic nitrogens is 1. The van der Waals surface area contributed by atoms with Gasteiger partial charge in [-0.1, -0.05) is 0 Å². The van der Waals surface area contributed by atoms with Gasteiger partial charge >= 0.3 is 0 Å². The van der Waals surface area contributed by atoms with E-state index < -0.39 is 5.60 Å². The predicted octanol–water partition coefficient (Wildman–Crippen LogP) is 0.141. The lowest BCUT2D eigenvalue weighted by Crippen LogP contribution is -2.55. The smallest absolute Gasteiger partial charge is 0.275 e. The van der Waals surface area contributed by atoms with E-state index in [2.05, 4.69) is 27.1 Å². The number of nitrogens with zero attached hydrogens (tertiary/aromatic N) is 4. The summed E-state index contributed by atoms with van der Waals surface area (Å²) in [7, 11) is 2.13. The average Bonchev–Trinajstić information content (AvgIpc) is 3.38. The molecule has 0 atom stereocenters. The molecular formula is C19H31N5O3. The van der Waals surface area contributed by atoms with Crippen LogP contribution in [-0.4, -0.2) is 95.2 Å². The number of likely N-dealkylation sites (N-methyl/N-ethyl adjacent to an activating group) is 1. The number of piperidine rings is 1. The van der Waals surface area contributed by atoms with Gasteiger partial charge in [0, 0.05) is 51.9 Å². The molecule has 27 heavy (non-hydrogen) atoms. The number of oxazole rings is 1. The van der Waals surface area contributed by atoms with E-state index in [-0.39, 0.29) is 5.91 Å². The molecule has 3 heterocycles. The quantitative estimate of drug-likeness (QED) is 0.729. The fraction of sp³-hybridized carbons (Fsp3) is 0.789. The highest BCUT2D eigenvalue weighted by Gasteiger charge is 2.36. The van der Waals surface area contributed by atoms with Crippen LogP contribution in [-0.2, 0) is 6.54 Å². The van der Waals surface area contributed by atoms with Crippen LogP contribution in [0.25, 0.3) is 0 Å². The number of nitrogens with one attached hydrogen (secondary N) is 1. The van der Waals surface area contributed by atoms with Gasteiger partial charge in [-0.2, -0.15) is 0 Å². The Morgan fingerprint density at radius 1 is 1.26 bits per heavy atom. The summed E-state index contributed by atoms with van der Waals surface area (Å²) < 4.78 is 5.42. The van der Waals surface area contributed by atoms with Gasteiger partial charge in [0.2, 0.25) is 5.89 Å². The van der Waals surface area contributed by atoms with E-state index in [1.54, 1.807) is 4.90 Å². The van der Waals surface area contributed by atoms with Crippen LogP contribution in [0.1, 0.15) is 42.1 Å². The Bertz CT molecular complexity index is 644. The van der Waals surface area contributed by atoms with Crippen LogP contribution in [0.4, 0.5) is 0 Å². The van der Waals surface area contributed by atoms with Crippen molar-refractivity contribution in [2.75, 3.05) is 52.9 Å². The van der Waals surface area contributed by atoms with E-state index in [1.807, 2.05) is 0 Å². The molecule has 0 unspecified atom stereocenters. The molecular weight excluding hydrogens is 346 g/mol. The molecule has 2 saturated heterocycles. The molecule has 1 aromatic rings. The van der Waals surface area contributed by atoms with Crippen molar-refractivity contribution in [3.63, 3.8) is 0 Å². The maximum absolute atomic E-state index is 12.7. The normalized spacial score (nSPS) is 24.3. The Hall–Kier alpha value is -1.48. The second-order valence-electron chi connectivity index (χ2n) is 8.38. The third-order valence-corrected chi connectivity index (χ3v) is 5.99. The Labute approximate surface area is 160 Å². The molecule has 0 radical (unpaired) electrons. The van der Waals surface area contributed by atoms with E-state index in [1.165, 1.54) is 19.1 Å². The van der Waals surface area contributed by atoms with E-state index in [0.29, 0.717) is 56.6 Å². The zero-order valence-corrected chi connectivity index (χ0v) is 16.2. The second kappa shape index (κ2) is 7.87. The average molecular weight is 377 g/mol. The number of carbonyl (C=O) groups excluding carboxylic acids is 1. The Morgan fingerprint density at radius 3 is 2.63 bits per heavy atom. The molecule has 0 aromatic carbocycles. The highest BCUT2D eigenvalue weighted by molar-refractivity contribution is 5.92. The largest absolute Gasteiger partial charge is 0.447 e. The van der Waals surface area contributed by atoms with Crippen LogP contribution in [0, 0.1) is 0 Å². The van der Waals surface area contributed by atoms with Gasteiger partial charge in [0.15, 0.2) is 5.69 Å². The minimum Gasteiger partial charge on any atom is -0.447 e. The molecule has 1 amide bonds. The van der Waals surface area contributed by atoms with E-state index in [0.717, 1.165) is 26.2 Å². The Morgan fingerprint density at radius 2 is 1.96 bits per heavy atom. The second-order valence-corrected chi connectivity index (χ2v) is 8.38. The molecule has 2 aliphatic heterocycles. The van der Waals surface area contributed by atoms with Crippen molar-refractivity contribution in [2.45, 2.75) is 43.9 Å². The van der Waals surface area contributed by atoms with Gasteiger partial charge < -0.3 is 24.6 Å².